The number of benzene rings is 7. The Balaban J connectivity index is 0.000000131. The molecular formula is C99H105BrCl4F2N14O8. The van der Waals surface area contributed by atoms with Crippen LogP contribution in [0.25, 0.3) is 54.9 Å². The van der Waals surface area contributed by atoms with Crippen LogP contribution in [0.2, 0.25) is 15.1 Å². The molecule has 4 saturated heterocycles. The van der Waals surface area contributed by atoms with Gasteiger partial charge in [0.05, 0.1) is 16.8 Å². The Bertz CT molecular complexity index is 6080. The molecule has 7 atom stereocenters. The number of likely N-dealkylation sites (tertiary alicyclic amines) is 1. The maximum Gasteiger partial charge on any atom is 0.487 e. The van der Waals surface area contributed by atoms with E-state index < -0.39 is 11.7 Å². The highest BCUT2D eigenvalue weighted by molar-refractivity contribution is 9.10. The molecule has 4 fully saturated rings. The van der Waals surface area contributed by atoms with Gasteiger partial charge in [-0.2, -0.15) is 5.10 Å². The summed E-state index contributed by atoms with van der Waals surface area (Å²) >= 11 is 26.3. The number of nitrogens with zero attached hydrogens (tertiary/aromatic N) is 4. The van der Waals surface area contributed by atoms with Gasteiger partial charge in [-0.3, -0.25) is 34.0 Å². The predicted octanol–water partition coefficient (Wildman–Crippen LogP) is 21.0. The lowest BCUT2D eigenvalue weighted by Gasteiger charge is -2.30. The number of ketones is 3. The van der Waals surface area contributed by atoms with Crippen LogP contribution in [0.5, 0.6) is 11.5 Å². The van der Waals surface area contributed by atoms with Crippen molar-refractivity contribution in [3.05, 3.63) is 294 Å². The van der Waals surface area contributed by atoms with E-state index in [2.05, 4.69) is 123 Å². The summed E-state index contributed by atoms with van der Waals surface area (Å²) in [5, 5.41) is 36.0. The Morgan fingerprint density at radius 2 is 1.23 bits per heavy atom. The van der Waals surface area contributed by atoms with Gasteiger partial charge < -0.3 is 65.7 Å². The number of H-pyrrole nitrogens is 6. The van der Waals surface area contributed by atoms with E-state index >= 15 is 0 Å². The topological polar surface area (TPSA) is 299 Å². The van der Waals surface area contributed by atoms with Crippen molar-refractivity contribution in [2.45, 2.75) is 128 Å². The Morgan fingerprint density at radius 1 is 0.625 bits per heavy atom. The van der Waals surface area contributed by atoms with Crippen LogP contribution in [0, 0.1) is 23.7 Å². The van der Waals surface area contributed by atoms with Crippen molar-refractivity contribution in [1.29, 1.82) is 0 Å². The van der Waals surface area contributed by atoms with Crippen LogP contribution in [0.4, 0.5) is 20.3 Å². The summed E-state index contributed by atoms with van der Waals surface area (Å²) in [5.41, 5.74) is 8.39. The monoisotopic (exact) mass is 1870 g/mol. The number of anilines is 2. The van der Waals surface area contributed by atoms with Crippen LogP contribution in [0.3, 0.4) is 0 Å². The van der Waals surface area contributed by atoms with Crippen LogP contribution in [0.15, 0.2) is 235 Å². The first-order valence-corrected chi connectivity index (χ1v) is 45.7. The van der Waals surface area contributed by atoms with Crippen molar-refractivity contribution in [2.24, 2.45) is 23.7 Å². The quantitative estimate of drug-likeness (QED) is 0.0168. The molecule has 0 spiro atoms. The largest absolute Gasteiger partial charge is 0.489 e. The Hall–Kier alpha value is -10.8. The number of hydrogen-bond acceptors (Lipinski definition) is 15. The summed E-state index contributed by atoms with van der Waals surface area (Å²) in [5.74, 6) is 3.51. The second kappa shape index (κ2) is 44.5. The van der Waals surface area contributed by atoms with Gasteiger partial charge in [0, 0.05) is 217 Å². The molecule has 7 aromatic heterocycles. The Morgan fingerprint density at radius 3 is 1.84 bits per heavy atom. The average Bonchev–Trinajstić information content (AvgIpc) is 1.52. The SMILES string of the molecule is CC(C)NCC(O)COc1cccc2cc[nH]c12.C[C@@H]1CCN(c2ncc(C(=O)Nc3ccc(OC(F)(F)Cl)cc3)cc2-c2ccn[nH]2)C1.O=C(C[C@H]1CCN(Cc2ccc(=O)[nH]c2)C1)c1c[nH]c2ccc(Cl)cc12.O=C(C[C@H]1CCN[C@H](Cc2ccc(Cl)cc2)C1)c1c[nH]c2ccc(Br)cc12.O=C(C[C@H]1CCN[C@H](Cc2ccc(Cl)cc2)C1)c1c[nH]c2ccccc12. The molecule has 4 aliphatic heterocycles. The highest BCUT2D eigenvalue weighted by atomic mass is 79.9. The Kier molecular flexibility index (Phi) is 32.4. The molecule has 11 heterocycles. The number of carbonyl (C=O) groups is 4. The van der Waals surface area contributed by atoms with E-state index in [1.54, 1.807) is 30.7 Å². The molecular weight excluding hydrogens is 1770 g/mol. The van der Waals surface area contributed by atoms with E-state index in [0.717, 1.165) is 200 Å². The molecule has 29 heteroatoms. The van der Waals surface area contributed by atoms with Gasteiger partial charge in [0.2, 0.25) is 5.56 Å². The van der Waals surface area contributed by atoms with Crippen molar-refractivity contribution in [3.63, 3.8) is 0 Å². The fourth-order valence-corrected chi connectivity index (χ4v) is 17.9. The number of pyridine rings is 2. The van der Waals surface area contributed by atoms with Crippen molar-refractivity contribution < 1.29 is 42.5 Å². The lowest BCUT2D eigenvalue weighted by Crippen LogP contribution is -2.40. The number of rotatable bonds is 27. The van der Waals surface area contributed by atoms with Crippen molar-refractivity contribution >= 4 is 141 Å². The first-order chi connectivity index (χ1) is 61.8. The number of aliphatic hydroxyl groups excluding tert-OH is 1. The molecule has 0 aliphatic carbocycles. The average molecular weight is 1880 g/mol. The summed E-state index contributed by atoms with van der Waals surface area (Å²) in [6, 6.07) is 57.2. The van der Waals surface area contributed by atoms with Gasteiger partial charge in [-0.15, -0.1) is 8.78 Å². The van der Waals surface area contributed by atoms with Crippen molar-refractivity contribution in [1.82, 2.24) is 61.0 Å². The zero-order chi connectivity index (χ0) is 89.8. The van der Waals surface area contributed by atoms with Crippen molar-refractivity contribution in [2.75, 3.05) is 62.6 Å². The third-order valence-electron chi connectivity index (χ3n) is 23.6. The zero-order valence-electron chi connectivity index (χ0n) is 71.4. The number of amides is 1. The Labute approximate surface area is 769 Å². The fourth-order valence-electron chi connectivity index (χ4n) is 17.1. The van der Waals surface area contributed by atoms with Crippen LogP contribution in [0.1, 0.15) is 137 Å². The van der Waals surface area contributed by atoms with E-state index in [1.807, 2.05) is 154 Å². The first kappa shape index (κ1) is 93.3. The molecule has 7 aromatic carbocycles. The predicted molar refractivity (Wildman–Crippen MR) is 511 cm³/mol. The number of para-hydroxylation sites is 2. The minimum Gasteiger partial charge on any atom is -0.489 e. The van der Waals surface area contributed by atoms with Crippen LogP contribution < -0.4 is 41.2 Å². The highest BCUT2D eigenvalue weighted by Crippen LogP contribution is 2.36. The molecule has 11 N–H and O–H groups in total. The lowest BCUT2D eigenvalue weighted by molar-refractivity contribution is -0.0965. The number of ether oxygens (including phenoxy) is 2. The summed E-state index contributed by atoms with van der Waals surface area (Å²) < 4.78 is 36.3. The van der Waals surface area contributed by atoms with Crippen LogP contribution in [-0.2, 0) is 19.4 Å². The van der Waals surface area contributed by atoms with Gasteiger partial charge in [0.25, 0.3) is 5.91 Å². The number of alkyl halides is 3. The van der Waals surface area contributed by atoms with Gasteiger partial charge in [-0.1, -0.05) is 132 Å². The van der Waals surface area contributed by atoms with Crippen LogP contribution >= 0.6 is 62.3 Å². The summed E-state index contributed by atoms with van der Waals surface area (Å²) in [7, 11) is 0. The van der Waals surface area contributed by atoms with Gasteiger partial charge >= 0.3 is 5.57 Å². The number of aromatic amines is 6. The summed E-state index contributed by atoms with van der Waals surface area (Å²) in [4.78, 5) is 87.0. The normalized spacial score (nSPS) is 17.8. The molecule has 1 unspecified atom stereocenters. The molecule has 14 aromatic rings. The second-order valence-corrected chi connectivity index (χ2v) is 36.4. The second-order valence-electron chi connectivity index (χ2n) is 33.8. The number of aromatic nitrogens is 8. The third-order valence-corrected chi connectivity index (χ3v) is 24.9. The molecule has 0 bridgehead atoms. The smallest absolute Gasteiger partial charge is 0.487 e. The number of hydrogen-bond donors (Lipinski definition) is 11. The third kappa shape index (κ3) is 26.5. The molecule has 0 radical (unpaired) electrons. The molecule has 128 heavy (non-hydrogen) atoms. The molecule has 668 valence electrons. The first-order valence-electron chi connectivity index (χ1n) is 43.4. The number of halogens is 7. The molecule has 1 amide bonds. The van der Waals surface area contributed by atoms with Gasteiger partial charge in [0.15, 0.2) is 17.3 Å². The number of fused-ring (bicyclic) bond motifs is 4. The minimum atomic E-state index is -3.80. The van der Waals surface area contributed by atoms with E-state index in [-0.39, 0.29) is 41.2 Å². The lowest BCUT2D eigenvalue weighted by atomic mass is 9.85. The maximum atomic E-state index is 12.9. The van der Waals surface area contributed by atoms with Gasteiger partial charge in [-0.05, 0) is 227 Å². The molecule has 22 nitrogen and oxygen atoms in total. The van der Waals surface area contributed by atoms with E-state index in [9.17, 15) is 37.9 Å². The maximum absolute atomic E-state index is 12.9. The van der Waals surface area contributed by atoms with Crippen LogP contribution in [-0.4, -0.2) is 156 Å². The number of Topliss-reactive ketones (excluding diaryl/α,β-unsaturated/α-hetero) is 3. The minimum absolute atomic E-state index is 0.0857. The van der Waals surface area contributed by atoms with Gasteiger partial charge in [0.1, 0.15) is 30.0 Å². The fraction of sp³-hybridized carbons (Fsp3) is 0.323. The molecule has 0 saturated carbocycles. The highest BCUT2D eigenvalue weighted by Gasteiger charge is 2.32. The van der Waals surface area contributed by atoms with E-state index in [4.69, 9.17) is 51.1 Å². The number of carbonyl (C=O) groups excluding carboxylic acids is 4. The molecule has 18 rings (SSSR count). The van der Waals surface area contributed by atoms with Crippen molar-refractivity contribution in [3.8, 4) is 22.8 Å². The molecule has 4 aliphatic rings. The number of piperidine rings is 2. The van der Waals surface area contributed by atoms with E-state index in [1.165, 1.54) is 41.6 Å². The van der Waals surface area contributed by atoms with Gasteiger partial charge in [-0.25, -0.2) is 4.98 Å². The van der Waals surface area contributed by atoms with E-state index in [0.29, 0.717) is 83.9 Å². The standard InChI is InChI=1S/C22H22BrClN2O.C22H23ClN2O.C21H20ClF2N5O2.C20H20ClN3O2.C14H20N2O2/c23-16-3-6-21-19(12-16)20(13-26-21)22(27)11-15-7-8-25-18(10-15)9-14-1-4-17(24)5-2-14;23-17-7-5-15(6-8-17)11-18-12-16(9-10-24-18)13-22(26)20-14-25-21-4-2-1-3-19(20)21;1-13-7-9-29(12-13)19-17(18-6-8-26-28-18)10-14(11-25-19)20(30)27-15-2-4-16(5-3-15)31-21(22,23)24;21-15-2-3-18-16(8-15)17(10-22-18)19(25)7-13-5-6-24(11-13)12-14-1-4-20(26)23-9-14;1-10(2)16-8-12(17)9-18-13-5-3-4-11-6-7-15-14(11)13/h1-6,12-13,15,18,25-26H,7-11H2;1-8,14,16,18,24-25H,9-13H2;2-6,8,10-11,13H,7,9,12H2,1H3,(H,26,28)(H,27,30);1-4,8-10,13,22H,5-7,11-12H2,(H,23,26);3-7,10,12,15-17H,8-9H2,1-2H3/t15-,18+;16-,18+;2*13-;/m0011./s1. The summed E-state index contributed by atoms with van der Waals surface area (Å²) in [6.07, 6.45) is 21.8. The number of nitrogens with one attached hydrogen (secondary N) is 10. The number of aliphatic hydroxyl groups is 1. The summed E-state index contributed by atoms with van der Waals surface area (Å²) in [6.45, 7) is 13.5. The zero-order valence-corrected chi connectivity index (χ0v) is 76.0.